The van der Waals surface area contributed by atoms with Crippen molar-refractivity contribution in [1.29, 1.82) is 0 Å². The van der Waals surface area contributed by atoms with Gasteiger partial charge in [-0.1, -0.05) is 0 Å². The van der Waals surface area contributed by atoms with Crippen LogP contribution in [0.4, 0.5) is 14.7 Å². The molecule has 6 heteroatoms. The average molecular weight is 134 g/mol. The Morgan fingerprint density at radius 1 is 1.67 bits per heavy atom. The first-order chi connectivity index (χ1) is 4.20. The molecule has 4 nitrogen and oxygen atoms in total. The number of aromatic nitrogens is 3. The molecular formula is C3H4F2N4. The lowest BCUT2D eigenvalue weighted by Crippen LogP contribution is -1.98. The molecule has 0 amide bonds. The first kappa shape index (κ1) is 5.93. The Morgan fingerprint density at radius 3 is 2.56 bits per heavy atom. The zero-order chi connectivity index (χ0) is 6.85. The van der Waals surface area contributed by atoms with E-state index in [1.165, 1.54) is 0 Å². The molecule has 50 valence electrons. The molecule has 0 aromatic carbocycles. The first-order valence-electron chi connectivity index (χ1n) is 2.15. The molecule has 0 saturated heterocycles. The van der Waals surface area contributed by atoms with Crippen molar-refractivity contribution in [2.45, 2.75) is 6.55 Å². The van der Waals surface area contributed by atoms with Crippen LogP contribution in [-0.4, -0.2) is 14.8 Å². The Labute approximate surface area is 49.3 Å². The predicted octanol–water partition coefficient (Wildman–Crippen LogP) is 0.255. The van der Waals surface area contributed by atoms with E-state index in [0.29, 0.717) is 4.68 Å². The van der Waals surface area contributed by atoms with Crippen molar-refractivity contribution in [3.05, 3.63) is 6.33 Å². The number of alkyl halides is 2. The minimum atomic E-state index is -2.66. The maximum Gasteiger partial charge on any atom is 0.334 e. The quantitative estimate of drug-likeness (QED) is 0.599. The van der Waals surface area contributed by atoms with Gasteiger partial charge < -0.3 is 5.73 Å². The van der Waals surface area contributed by atoms with Gasteiger partial charge in [-0.25, -0.2) is 4.98 Å². The summed E-state index contributed by atoms with van der Waals surface area (Å²) in [7, 11) is 0. The fourth-order valence-corrected chi connectivity index (χ4v) is 0.382. The summed E-state index contributed by atoms with van der Waals surface area (Å²) >= 11 is 0. The lowest BCUT2D eigenvalue weighted by Gasteiger charge is -1.92. The van der Waals surface area contributed by atoms with E-state index in [1.807, 2.05) is 0 Å². The highest BCUT2D eigenvalue weighted by Gasteiger charge is 2.05. The number of nitrogens with zero attached hydrogens (tertiary/aromatic N) is 3. The van der Waals surface area contributed by atoms with Crippen molar-refractivity contribution in [3.8, 4) is 0 Å². The summed E-state index contributed by atoms with van der Waals surface area (Å²) in [5.41, 5.74) is 4.94. The molecule has 2 N–H and O–H groups in total. The summed E-state index contributed by atoms with van der Waals surface area (Å²) in [6.07, 6.45) is 0.875. The monoisotopic (exact) mass is 134 g/mol. The van der Waals surface area contributed by atoms with E-state index >= 15 is 0 Å². The number of rotatable bonds is 1. The summed E-state index contributed by atoms with van der Waals surface area (Å²) in [5, 5.41) is 3.14. The van der Waals surface area contributed by atoms with Crippen molar-refractivity contribution in [2.24, 2.45) is 0 Å². The van der Waals surface area contributed by atoms with Crippen LogP contribution < -0.4 is 5.73 Å². The van der Waals surface area contributed by atoms with Crippen LogP contribution in [0.15, 0.2) is 6.33 Å². The second-order valence-corrected chi connectivity index (χ2v) is 1.36. The van der Waals surface area contributed by atoms with Gasteiger partial charge in [0.05, 0.1) is 0 Å². The van der Waals surface area contributed by atoms with Crippen molar-refractivity contribution in [2.75, 3.05) is 5.73 Å². The van der Waals surface area contributed by atoms with Gasteiger partial charge >= 0.3 is 6.55 Å². The van der Waals surface area contributed by atoms with Gasteiger partial charge in [0.25, 0.3) is 0 Å². The molecule has 0 spiro atoms. The van der Waals surface area contributed by atoms with Gasteiger partial charge in [-0.15, -0.1) is 5.10 Å². The molecule has 0 atom stereocenters. The van der Waals surface area contributed by atoms with E-state index in [9.17, 15) is 8.78 Å². The normalized spacial score (nSPS) is 10.6. The van der Waals surface area contributed by atoms with Crippen LogP contribution in [-0.2, 0) is 0 Å². The molecule has 1 heterocycles. The molecular weight excluding hydrogens is 130 g/mol. The van der Waals surface area contributed by atoms with Crippen molar-refractivity contribution in [3.63, 3.8) is 0 Å². The van der Waals surface area contributed by atoms with Crippen LogP contribution in [0.3, 0.4) is 0 Å². The van der Waals surface area contributed by atoms with Crippen LogP contribution in [0, 0.1) is 0 Å². The van der Waals surface area contributed by atoms with E-state index in [-0.39, 0.29) is 5.95 Å². The van der Waals surface area contributed by atoms with Crippen LogP contribution in [0.5, 0.6) is 0 Å². The van der Waals surface area contributed by atoms with Gasteiger partial charge in [-0.2, -0.15) is 13.5 Å². The number of anilines is 1. The highest BCUT2D eigenvalue weighted by molar-refractivity contribution is 5.09. The zero-order valence-electron chi connectivity index (χ0n) is 4.33. The van der Waals surface area contributed by atoms with E-state index in [2.05, 4.69) is 10.1 Å². The minimum absolute atomic E-state index is 0.143. The van der Waals surface area contributed by atoms with Crippen molar-refractivity contribution < 1.29 is 8.78 Å². The van der Waals surface area contributed by atoms with Crippen LogP contribution >= 0.6 is 0 Å². The molecule has 0 saturated carbocycles. The molecule has 0 aliphatic rings. The Hall–Kier alpha value is -1.20. The summed E-state index contributed by atoms with van der Waals surface area (Å²) in [6, 6.07) is 0. The molecule has 0 bridgehead atoms. The second kappa shape index (κ2) is 1.96. The average Bonchev–Trinajstić information content (AvgIpc) is 2.14. The minimum Gasteiger partial charge on any atom is -0.367 e. The number of hydrogen-bond donors (Lipinski definition) is 1. The summed E-state index contributed by atoms with van der Waals surface area (Å²) in [6.45, 7) is -2.66. The Kier molecular flexibility index (Phi) is 1.29. The van der Waals surface area contributed by atoms with Crippen molar-refractivity contribution in [1.82, 2.24) is 14.8 Å². The van der Waals surface area contributed by atoms with Gasteiger partial charge in [0.15, 0.2) is 0 Å². The van der Waals surface area contributed by atoms with Gasteiger partial charge in [-0.05, 0) is 0 Å². The number of nitrogens with two attached hydrogens (primary N) is 1. The van der Waals surface area contributed by atoms with Crippen LogP contribution in [0.2, 0.25) is 0 Å². The fraction of sp³-hybridized carbons (Fsp3) is 0.333. The maximum absolute atomic E-state index is 11.6. The SMILES string of the molecule is Nc1ncn(C(F)F)n1. The lowest BCUT2D eigenvalue weighted by atomic mass is 11.1. The molecule has 9 heavy (non-hydrogen) atoms. The number of nitrogen functional groups attached to an aromatic ring is 1. The molecule has 1 rings (SSSR count). The fourth-order valence-electron chi connectivity index (χ4n) is 0.382. The van der Waals surface area contributed by atoms with E-state index in [4.69, 9.17) is 5.73 Å². The van der Waals surface area contributed by atoms with Gasteiger partial charge in [0.2, 0.25) is 5.95 Å². The van der Waals surface area contributed by atoms with E-state index in [1.54, 1.807) is 0 Å². The Morgan fingerprint density at radius 2 is 2.33 bits per heavy atom. The standard InChI is InChI=1S/C3H4F2N4/c4-2(5)9-1-7-3(6)8-9/h1-2H,(H2,6,8). The lowest BCUT2D eigenvalue weighted by molar-refractivity contribution is 0.0565. The number of hydrogen-bond acceptors (Lipinski definition) is 3. The largest absolute Gasteiger partial charge is 0.367 e. The highest BCUT2D eigenvalue weighted by atomic mass is 19.3. The van der Waals surface area contributed by atoms with Crippen molar-refractivity contribution >= 4 is 5.95 Å². The zero-order valence-corrected chi connectivity index (χ0v) is 4.33. The third-order valence-corrected chi connectivity index (χ3v) is 0.726. The third-order valence-electron chi connectivity index (χ3n) is 0.726. The molecule has 0 radical (unpaired) electrons. The van der Waals surface area contributed by atoms with Gasteiger partial charge in [0.1, 0.15) is 6.33 Å². The molecule has 0 fully saturated rings. The van der Waals surface area contributed by atoms with Gasteiger partial charge in [-0.3, -0.25) is 0 Å². The summed E-state index contributed by atoms with van der Waals surface area (Å²) in [4.78, 5) is 3.29. The summed E-state index contributed by atoms with van der Waals surface area (Å²) in [5.74, 6) is -0.143. The van der Waals surface area contributed by atoms with Crippen LogP contribution in [0.1, 0.15) is 6.55 Å². The Balaban J connectivity index is 2.85. The van der Waals surface area contributed by atoms with Crippen LogP contribution in [0.25, 0.3) is 0 Å². The molecule has 1 aromatic heterocycles. The first-order valence-corrected chi connectivity index (χ1v) is 2.15. The Bertz CT molecular complexity index is 195. The van der Waals surface area contributed by atoms with Gasteiger partial charge in [0, 0.05) is 0 Å². The molecule has 0 aliphatic heterocycles. The molecule has 0 aliphatic carbocycles. The number of halogens is 2. The topological polar surface area (TPSA) is 56.7 Å². The third kappa shape index (κ3) is 1.13. The van der Waals surface area contributed by atoms with E-state index in [0.717, 1.165) is 6.33 Å². The molecule has 1 aromatic rings. The van der Waals surface area contributed by atoms with E-state index < -0.39 is 6.55 Å². The second-order valence-electron chi connectivity index (χ2n) is 1.36. The highest BCUT2D eigenvalue weighted by Crippen LogP contribution is 2.06. The maximum atomic E-state index is 11.6. The smallest absolute Gasteiger partial charge is 0.334 e. The predicted molar refractivity (Wildman–Crippen MR) is 25.7 cm³/mol. The summed E-state index contributed by atoms with van der Waals surface area (Å²) < 4.78 is 23.6. The molecule has 0 unspecified atom stereocenters.